The van der Waals surface area contributed by atoms with Crippen molar-refractivity contribution in [1.29, 1.82) is 0 Å². The van der Waals surface area contributed by atoms with E-state index in [-0.39, 0.29) is 10.8 Å². The standard InChI is InChI=1S/C18H18FN3O3S/c1-24-15-9-7-12(11-16(15)25-2)8-10-17(23)21-22-18(26)20-14-6-4-3-5-13(14)19/h3-11H,1-2H3,(H,21,23)(H2,20,22,26)/b10-8+. The summed E-state index contributed by atoms with van der Waals surface area (Å²) < 4.78 is 23.9. The fourth-order valence-corrected chi connectivity index (χ4v) is 2.17. The van der Waals surface area contributed by atoms with Crippen LogP contribution in [0.4, 0.5) is 10.1 Å². The molecule has 2 aromatic rings. The maximum absolute atomic E-state index is 13.5. The summed E-state index contributed by atoms with van der Waals surface area (Å²) >= 11 is 4.99. The number of thiocarbonyl (C=S) groups is 1. The van der Waals surface area contributed by atoms with Crippen LogP contribution in [0.2, 0.25) is 0 Å². The van der Waals surface area contributed by atoms with Gasteiger partial charge in [-0.25, -0.2) is 4.39 Å². The van der Waals surface area contributed by atoms with Crippen molar-refractivity contribution >= 4 is 35.0 Å². The van der Waals surface area contributed by atoms with Gasteiger partial charge in [-0.05, 0) is 48.1 Å². The van der Waals surface area contributed by atoms with E-state index in [0.717, 1.165) is 5.56 Å². The van der Waals surface area contributed by atoms with E-state index in [0.29, 0.717) is 11.5 Å². The summed E-state index contributed by atoms with van der Waals surface area (Å²) in [6, 6.07) is 11.3. The molecule has 0 aliphatic carbocycles. The molecule has 0 atom stereocenters. The molecule has 0 bridgehead atoms. The van der Waals surface area contributed by atoms with E-state index in [1.54, 1.807) is 43.5 Å². The van der Waals surface area contributed by atoms with Crippen LogP contribution in [0.1, 0.15) is 5.56 Å². The van der Waals surface area contributed by atoms with Gasteiger partial charge in [-0.3, -0.25) is 15.6 Å². The molecule has 0 spiro atoms. The van der Waals surface area contributed by atoms with Gasteiger partial charge in [0.25, 0.3) is 5.91 Å². The second kappa shape index (κ2) is 9.38. The number of ether oxygens (including phenoxy) is 2. The van der Waals surface area contributed by atoms with Crippen molar-refractivity contribution in [3.8, 4) is 11.5 Å². The minimum atomic E-state index is -0.448. The molecule has 0 unspecified atom stereocenters. The summed E-state index contributed by atoms with van der Waals surface area (Å²) in [5.41, 5.74) is 5.84. The van der Waals surface area contributed by atoms with E-state index in [9.17, 15) is 9.18 Å². The average molecular weight is 375 g/mol. The molecular formula is C18H18FN3O3S. The molecule has 0 aromatic heterocycles. The molecule has 8 heteroatoms. The van der Waals surface area contributed by atoms with E-state index in [1.807, 2.05) is 0 Å². The molecule has 0 aliphatic rings. The number of halogens is 1. The van der Waals surface area contributed by atoms with Crippen LogP contribution in [0.3, 0.4) is 0 Å². The third-order valence-electron chi connectivity index (χ3n) is 3.26. The highest BCUT2D eigenvalue weighted by molar-refractivity contribution is 7.80. The zero-order valence-electron chi connectivity index (χ0n) is 14.2. The predicted octanol–water partition coefficient (Wildman–Crippen LogP) is 2.87. The second-order valence-corrected chi connectivity index (χ2v) is 5.40. The van der Waals surface area contributed by atoms with Crippen molar-refractivity contribution in [2.45, 2.75) is 0 Å². The Kier molecular flexibility index (Phi) is 6.92. The predicted molar refractivity (Wildman–Crippen MR) is 102 cm³/mol. The summed E-state index contributed by atoms with van der Waals surface area (Å²) in [6.45, 7) is 0. The molecule has 0 fully saturated rings. The van der Waals surface area contributed by atoms with E-state index in [1.165, 1.54) is 25.3 Å². The van der Waals surface area contributed by atoms with Gasteiger partial charge in [-0.2, -0.15) is 0 Å². The summed E-state index contributed by atoms with van der Waals surface area (Å²) in [6.07, 6.45) is 2.92. The lowest BCUT2D eigenvalue weighted by molar-refractivity contribution is -0.116. The molecule has 1 amide bonds. The Balaban J connectivity index is 1.87. The van der Waals surface area contributed by atoms with Gasteiger partial charge in [-0.15, -0.1) is 0 Å². The van der Waals surface area contributed by atoms with Gasteiger partial charge in [0.2, 0.25) is 0 Å². The lowest BCUT2D eigenvalue weighted by Crippen LogP contribution is -2.43. The largest absolute Gasteiger partial charge is 0.493 e. The van der Waals surface area contributed by atoms with E-state index in [4.69, 9.17) is 21.7 Å². The molecule has 0 saturated carbocycles. The number of rotatable bonds is 5. The molecule has 3 N–H and O–H groups in total. The van der Waals surface area contributed by atoms with Crippen LogP contribution in [0.25, 0.3) is 6.08 Å². The molecule has 0 aliphatic heterocycles. The number of hydrogen-bond acceptors (Lipinski definition) is 4. The van der Waals surface area contributed by atoms with Gasteiger partial charge >= 0.3 is 0 Å². The summed E-state index contributed by atoms with van der Waals surface area (Å²) in [5.74, 6) is 0.276. The Labute approximate surface area is 156 Å². The first-order chi connectivity index (χ1) is 12.5. The number of amides is 1. The number of hydrogen-bond donors (Lipinski definition) is 3. The van der Waals surface area contributed by atoms with Crippen molar-refractivity contribution in [3.05, 3.63) is 59.9 Å². The Bertz CT molecular complexity index is 827. The van der Waals surface area contributed by atoms with Gasteiger partial charge in [0.05, 0.1) is 19.9 Å². The fraction of sp³-hybridized carbons (Fsp3) is 0.111. The lowest BCUT2D eigenvalue weighted by Gasteiger charge is -2.11. The van der Waals surface area contributed by atoms with Crippen LogP contribution in [0.5, 0.6) is 11.5 Å². The van der Waals surface area contributed by atoms with Crippen LogP contribution in [0.15, 0.2) is 48.5 Å². The number of para-hydroxylation sites is 1. The summed E-state index contributed by atoms with van der Waals surface area (Å²) in [4.78, 5) is 11.8. The van der Waals surface area contributed by atoms with Gasteiger partial charge in [-0.1, -0.05) is 18.2 Å². The molecule has 2 rings (SSSR count). The van der Waals surface area contributed by atoms with Gasteiger partial charge in [0, 0.05) is 6.08 Å². The molecular weight excluding hydrogens is 357 g/mol. The van der Waals surface area contributed by atoms with Crippen LogP contribution in [-0.2, 0) is 4.79 Å². The normalized spacial score (nSPS) is 10.3. The highest BCUT2D eigenvalue weighted by atomic mass is 32.1. The smallest absolute Gasteiger partial charge is 0.262 e. The first kappa shape index (κ1) is 19.2. The van der Waals surface area contributed by atoms with Crippen molar-refractivity contribution in [2.24, 2.45) is 0 Å². The minimum absolute atomic E-state index is 0.0583. The van der Waals surface area contributed by atoms with Gasteiger partial charge in [0.1, 0.15) is 5.82 Å². The second-order valence-electron chi connectivity index (χ2n) is 5.00. The van der Waals surface area contributed by atoms with Gasteiger partial charge < -0.3 is 14.8 Å². The van der Waals surface area contributed by atoms with E-state index in [2.05, 4.69) is 16.2 Å². The lowest BCUT2D eigenvalue weighted by atomic mass is 10.2. The quantitative estimate of drug-likeness (QED) is 0.424. The molecule has 136 valence electrons. The summed E-state index contributed by atoms with van der Waals surface area (Å²) in [5, 5.41) is 2.70. The number of hydrazine groups is 1. The Hall–Kier alpha value is -3.13. The van der Waals surface area contributed by atoms with Crippen LogP contribution in [-0.4, -0.2) is 25.2 Å². The number of methoxy groups -OCH3 is 2. The van der Waals surface area contributed by atoms with E-state index < -0.39 is 11.7 Å². The Morgan fingerprint density at radius 2 is 1.81 bits per heavy atom. The first-order valence-electron chi connectivity index (χ1n) is 7.55. The SMILES string of the molecule is COc1ccc(/C=C/C(=O)NNC(=S)Nc2ccccc2F)cc1OC. The van der Waals surface area contributed by atoms with Crippen molar-refractivity contribution < 1.29 is 18.7 Å². The topological polar surface area (TPSA) is 71.6 Å². The average Bonchev–Trinajstić information content (AvgIpc) is 2.66. The van der Waals surface area contributed by atoms with Crippen molar-refractivity contribution in [2.75, 3.05) is 19.5 Å². The molecule has 6 nitrogen and oxygen atoms in total. The Morgan fingerprint density at radius 1 is 1.08 bits per heavy atom. The van der Waals surface area contributed by atoms with E-state index >= 15 is 0 Å². The molecule has 2 aromatic carbocycles. The number of nitrogens with one attached hydrogen (secondary N) is 3. The number of anilines is 1. The third-order valence-corrected chi connectivity index (χ3v) is 3.46. The molecule has 0 saturated heterocycles. The minimum Gasteiger partial charge on any atom is -0.493 e. The van der Waals surface area contributed by atoms with Crippen molar-refractivity contribution in [1.82, 2.24) is 10.9 Å². The van der Waals surface area contributed by atoms with Gasteiger partial charge in [0.15, 0.2) is 16.6 Å². The fourth-order valence-electron chi connectivity index (χ4n) is 2.00. The molecule has 26 heavy (non-hydrogen) atoms. The van der Waals surface area contributed by atoms with Crippen LogP contribution in [0, 0.1) is 5.82 Å². The third kappa shape index (κ3) is 5.45. The number of benzene rings is 2. The molecule has 0 radical (unpaired) electrons. The summed E-state index contributed by atoms with van der Waals surface area (Å²) in [7, 11) is 3.08. The van der Waals surface area contributed by atoms with Crippen LogP contribution < -0.4 is 25.6 Å². The highest BCUT2D eigenvalue weighted by Crippen LogP contribution is 2.27. The monoisotopic (exact) mass is 375 g/mol. The van der Waals surface area contributed by atoms with Crippen LogP contribution >= 0.6 is 12.2 Å². The number of carbonyl (C=O) groups excluding carboxylic acids is 1. The maximum Gasteiger partial charge on any atom is 0.262 e. The highest BCUT2D eigenvalue weighted by Gasteiger charge is 2.05. The van der Waals surface area contributed by atoms with Crippen molar-refractivity contribution in [3.63, 3.8) is 0 Å². The zero-order chi connectivity index (χ0) is 18.9. The maximum atomic E-state index is 13.5. The number of carbonyl (C=O) groups is 1. The molecule has 0 heterocycles. The Morgan fingerprint density at radius 3 is 2.50 bits per heavy atom. The first-order valence-corrected chi connectivity index (χ1v) is 7.96. The zero-order valence-corrected chi connectivity index (χ0v) is 15.0.